The number of rotatable bonds is 6. The van der Waals surface area contributed by atoms with Crippen LogP contribution >= 0.6 is 11.8 Å². The van der Waals surface area contributed by atoms with Gasteiger partial charge in [-0.05, 0) is 36.1 Å². The first kappa shape index (κ1) is 17.1. The van der Waals surface area contributed by atoms with Crippen molar-refractivity contribution in [3.63, 3.8) is 0 Å². The maximum Gasteiger partial charge on any atom is 0.220 e. The molecule has 0 bridgehead atoms. The third-order valence-corrected chi connectivity index (χ3v) is 5.47. The number of aliphatic hydroxyl groups is 1. The Bertz CT molecular complexity index is 689. The first-order valence-electron chi connectivity index (χ1n) is 8.38. The molecule has 0 fully saturated rings. The predicted molar refractivity (Wildman–Crippen MR) is 98.2 cm³/mol. The van der Waals surface area contributed by atoms with Crippen LogP contribution in [0.25, 0.3) is 0 Å². The van der Waals surface area contributed by atoms with E-state index in [-0.39, 0.29) is 5.91 Å². The summed E-state index contributed by atoms with van der Waals surface area (Å²) in [5, 5.41) is 13.7. The lowest BCUT2D eigenvalue weighted by Gasteiger charge is -2.33. The van der Waals surface area contributed by atoms with E-state index in [2.05, 4.69) is 17.4 Å². The molecule has 0 saturated carbocycles. The van der Waals surface area contributed by atoms with Crippen molar-refractivity contribution in [3.05, 3.63) is 65.7 Å². The second kappa shape index (κ2) is 7.86. The molecule has 2 N–H and O–H groups in total. The average molecular weight is 341 g/mol. The predicted octanol–water partition coefficient (Wildman–Crippen LogP) is 3.21. The molecular formula is C20H23NO2S. The van der Waals surface area contributed by atoms with Crippen molar-refractivity contribution < 1.29 is 9.90 Å². The van der Waals surface area contributed by atoms with E-state index >= 15 is 0 Å². The fourth-order valence-corrected chi connectivity index (χ4v) is 3.94. The summed E-state index contributed by atoms with van der Waals surface area (Å²) in [6.07, 6.45) is 2.64. The molecular weight excluding hydrogens is 318 g/mol. The summed E-state index contributed by atoms with van der Waals surface area (Å²) in [5.74, 6) is 0.752. The van der Waals surface area contributed by atoms with Crippen LogP contribution in [0.4, 0.5) is 0 Å². The van der Waals surface area contributed by atoms with Crippen LogP contribution in [0, 0.1) is 0 Å². The standard InChI is InChI=1S/C20H23NO2S/c22-19(11-13-24-18-8-2-1-3-9-18)21-15-20(23)12-10-16-6-4-5-7-17(16)14-20/h1-9,23H,10-15H2,(H,21,22). The number of amides is 1. The number of hydrogen-bond donors (Lipinski definition) is 2. The number of thioether (sulfide) groups is 1. The summed E-state index contributed by atoms with van der Waals surface area (Å²) >= 11 is 1.68. The molecule has 4 heteroatoms. The van der Waals surface area contributed by atoms with Gasteiger partial charge in [0.05, 0.1) is 5.60 Å². The van der Waals surface area contributed by atoms with Crippen LogP contribution in [0.3, 0.4) is 0 Å². The molecule has 24 heavy (non-hydrogen) atoms. The van der Waals surface area contributed by atoms with Crippen LogP contribution in [-0.2, 0) is 17.6 Å². The lowest BCUT2D eigenvalue weighted by atomic mass is 9.80. The summed E-state index contributed by atoms with van der Waals surface area (Å²) in [6, 6.07) is 18.3. The molecule has 3 nitrogen and oxygen atoms in total. The largest absolute Gasteiger partial charge is 0.388 e. The van der Waals surface area contributed by atoms with E-state index in [9.17, 15) is 9.90 Å². The van der Waals surface area contributed by atoms with Gasteiger partial charge >= 0.3 is 0 Å². The molecule has 1 aliphatic rings. The zero-order chi connectivity index (χ0) is 16.8. The first-order valence-corrected chi connectivity index (χ1v) is 9.37. The number of hydrogen-bond acceptors (Lipinski definition) is 3. The van der Waals surface area contributed by atoms with Gasteiger partial charge in [0.25, 0.3) is 0 Å². The molecule has 1 amide bonds. The molecule has 0 saturated heterocycles. The zero-order valence-electron chi connectivity index (χ0n) is 13.7. The number of fused-ring (bicyclic) bond motifs is 1. The lowest BCUT2D eigenvalue weighted by Crippen LogP contribution is -2.46. The van der Waals surface area contributed by atoms with Crippen LogP contribution in [0.1, 0.15) is 24.0 Å². The van der Waals surface area contributed by atoms with E-state index in [1.165, 1.54) is 16.0 Å². The number of nitrogens with one attached hydrogen (secondary N) is 1. The van der Waals surface area contributed by atoms with Gasteiger partial charge in [-0.2, -0.15) is 0 Å². The summed E-state index contributed by atoms with van der Waals surface area (Å²) in [6.45, 7) is 0.330. The second-order valence-electron chi connectivity index (χ2n) is 6.36. The van der Waals surface area contributed by atoms with Crippen molar-refractivity contribution in [2.75, 3.05) is 12.3 Å². The smallest absolute Gasteiger partial charge is 0.220 e. The number of carbonyl (C=O) groups excluding carboxylic acids is 1. The Morgan fingerprint density at radius 2 is 1.79 bits per heavy atom. The minimum Gasteiger partial charge on any atom is -0.388 e. The fraction of sp³-hybridized carbons (Fsp3) is 0.350. The maximum atomic E-state index is 12.0. The maximum absolute atomic E-state index is 12.0. The van der Waals surface area contributed by atoms with E-state index < -0.39 is 5.60 Å². The van der Waals surface area contributed by atoms with Crippen LogP contribution in [0.5, 0.6) is 0 Å². The Balaban J connectivity index is 1.43. The molecule has 0 spiro atoms. The van der Waals surface area contributed by atoms with Crippen LogP contribution in [0.15, 0.2) is 59.5 Å². The summed E-state index contributed by atoms with van der Waals surface area (Å²) < 4.78 is 0. The second-order valence-corrected chi connectivity index (χ2v) is 7.53. The third-order valence-electron chi connectivity index (χ3n) is 4.45. The number of benzene rings is 2. The van der Waals surface area contributed by atoms with Crippen LogP contribution < -0.4 is 5.32 Å². The highest BCUT2D eigenvalue weighted by Gasteiger charge is 2.32. The van der Waals surface area contributed by atoms with Crippen LogP contribution in [0.2, 0.25) is 0 Å². The SMILES string of the molecule is O=C(CCSc1ccccc1)NCC1(O)CCc2ccccc2C1. The average Bonchev–Trinajstić information content (AvgIpc) is 2.61. The van der Waals surface area contributed by atoms with Crippen molar-refractivity contribution in [2.45, 2.75) is 36.2 Å². The van der Waals surface area contributed by atoms with Gasteiger partial charge in [-0.25, -0.2) is 0 Å². The number of aryl methyl sites for hydroxylation is 1. The summed E-state index contributed by atoms with van der Waals surface area (Å²) in [4.78, 5) is 13.2. The van der Waals surface area contributed by atoms with Gasteiger partial charge in [0, 0.05) is 30.0 Å². The molecule has 2 aromatic rings. The molecule has 1 atom stereocenters. The zero-order valence-corrected chi connectivity index (χ0v) is 14.5. The van der Waals surface area contributed by atoms with E-state index in [0.29, 0.717) is 25.8 Å². The van der Waals surface area contributed by atoms with Gasteiger partial charge in [0.15, 0.2) is 0 Å². The Morgan fingerprint density at radius 1 is 1.08 bits per heavy atom. The van der Waals surface area contributed by atoms with Crippen molar-refractivity contribution in [3.8, 4) is 0 Å². The first-order chi connectivity index (χ1) is 11.6. The van der Waals surface area contributed by atoms with Crippen molar-refractivity contribution in [1.29, 1.82) is 0 Å². The third kappa shape index (κ3) is 4.62. The van der Waals surface area contributed by atoms with Crippen molar-refractivity contribution in [2.24, 2.45) is 0 Å². The van der Waals surface area contributed by atoms with Crippen LogP contribution in [-0.4, -0.2) is 28.9 Å². The normalized spacial score (nSPS) is 19.5. The Hall–Kier alpha value is -1.78. The molecule has 126 valence electrons. The quantitative estimate of drug-likeness (QED) is 0.793. The van der Waals surface area contributed by atoms with Gasteiger partial charge in [0.2, 0.25) is 5.91 Å². The van der Waals surface area contributed by atoms with Gasteiger partial charge in [0.1, 0.15) is 0 Å². The van der Waals surface area contributed by atoms with E-state index in [1.54, 1.807) is 11.8 Å². The molecule has 2 aromatic carbocycles. The monoisotopic (exact) mass is 341 g/mol. The lowest BCUT2D eigenvalue weighted by molar-refractivity contribution is -0.122. The topological polar surface area (TPSA) is 49.3 Å². The van der Waals surface area contributed by atoms with Crippen molar-refractivity contribution >= 4 is 17.7 Å². The van der Waals surface area contributed by atoms with Gasteiger partial charge in [-0.15, -0.1) is 11.8 Å². The molecule has 1 unspecified atom stereocenters. The molecule has 3 rings (SSSR count). The summed E-state index contributed by atoms with van der Waals surface area (Å²) in [5.41, 5.74) is 1.68. The van der Waals surface area contributed by atoms with E-state index in [0.717, 1.165) is 12.2 Å². The summed E-state index contributed by atoms with van der Waals surface area (Å²) in [7, 11) is 0. The highest BCUT2D eigenvalue weighted by atomic mass is 32.2. The minimum absolute atomic E-state index is 0.00529. The Kier molecular flexibility index (Phi) is 5.59. The van der Waals surface area contributed by atoms with Gasteiger partial charge in [-0.3, -0.25) is 4.79 Å². The molecule has 0 radical (unpaired) electrons. The highest BCUT2D eigenvalue weighted by molar-refractivity contribution is 7.99. The fourth-order valence-electron chi connectivity index (χ4n) is 3.06. The molecule has 1 aliphatic carbocycles. The highest BCUT2D eigenvalue weighted by Crippen LogP contribution is 2.28. The van der Waals surface area contributed by atoms with E-state index in [1.807, 2.05) is 42.5 Å². The molecule has 0 aromatic heterocycles. The number of carbonyl (C=O) groups is 1. The van der Waals surface area contributed by atoms with Crippen molar-refractivity contribution in [1.82, 2.24) is 5.32 Å². The van der Waals surface area contributed by atoms with E-state index in [4.69, 9.17) is 0 Å². The Morgan fingerprint density at radius 3 is 2.58 bits per heavy atom. The minimum atomic E-state index is -0.823. The molecule has 0 heterocycles. The van der Waals surface area contributed by atoms with Gasteiger partial charge in [-0.1, -0.05) is 42.5 Å². The Labute approximate surface area is 147 Å². The molecule has 0 aliphatic heterocycles. The van der Waals surface area contributed by atoms with Gasteiger partial charge < -0.3 is 10.4 Å².